The summed E-state index contributed by atoms with van der Waals surface area (Å²) in [5.41, 5.74) is 4.19. The molecule has 2 aromatic rings. The number of nitrogens with zero attached hydrogens (tertiary/aromatic N) is 4. The van der Waals surface area contributed by atoms with Crippen LogP contribution in [0.3, 0.4) is 0 Å². The van der Waals surface area contributed by atoms with Gasteiger partial charge in [-0.3, -0.25) is 10.4 Å². The van der Waals surface area contributed by atoms with Crippen molar-refractivity contribution in [3.05, 3.63) is 54.1 Å². The molecule has 0 spiro atoms. The van der Waals surface area contributed by atoms with E-state index >= 15 is 0 Å². The fraction of sp³-hybridized carbons (Fsp3) is 0.176. The first kappa shape index (κ1) is 16.6. The van der Waals surface area contributed by atoms with Crippen molar-refractivity contribution in [1.29, 1.82) is 0 Å². The molecule has 1 aliphatic heterocycles. The number of allylic oxidation sites excluding steroid dienone is 1. The van der Waals surface area contributed by atoms with Crippen molar-refractivity contribution >= 4 is 17.7 Å². The lowest BCUT2D eigenvalue weighted by atomic mass is 10.2. The van der Waals surface area contributed by atoms with Gasteiger partial charge in [-0.1, -0.05) is 18.2 Å². The van der Waals surface area contributed by atoms with E-state index in [4.69, 9.17) is 9.47 Å². The first-order valence-electron chi connectivity index (χ1n) is 7.53. The second-order valence-corrected chi connectivity index (χ2v) is 5.07. The molecule has 128 valence electrons. The Morgan fingerprint density at radius 3 is 3.12 bits per heavy atom. The number of ether oxygens (including phenoxy) is 2. The summed E-state index contributed by atoms with van der Waals surface area (Å²) in [4.78, 5) is 11.9. The summed E-state index contributed by atoms with van der Waals surface area (Å²) in [6.45, 7) is 0.230. The van der Waals surface area contributed by atoms with E-state index in [1.54, 1.807) is 13.3 Å². The number of aromatic nitrogens is 2. The maximum absolute atomic E-state index is 13.8. The smallest absolute Gasteiger partial charge is 0.318 e. The molecule has 0 atom stereocenters. The lowest BCUT2D eigenvalue weighted by molar-refractivity contribution is 0.279. The lowest BCUT2D eigenvalue weighted by Crippen LogP contribution is -2.05. The van der Waals surface area contributed by atoms with Crippen molar-refractivity contribution in [2.45, 2.75) is 13.0 Å². The van der Waals surface area contributed by atoms with Gasteiger partial charge >= 0.3 is 6.01 Å². The Labute approximate surface area is 143 Å². The molecule has 1 aromatic heterocycles. The molecular formula is C17H16FN5O2. The van der Waals surface area contributed by atoms with Crippen LogP contribution >= 0.6 is 0 Å². The van der Waals surface area contributed by atoms with Gasteiger partial charge in [0.1, 0.15) is 12.4 Å². The maximum Gasteiger partial charge on any atom is 0.318 e. The predicted octanol–water partition coefficient (Wildman–Crippen LogP) is 2.96. The number of nitrogens with one attached hydrogen (secondary N) is 1. The molecule has 3 rings (SSSR count). The molecule has 0 bridgehead atoms. The standard InChI is InChI=1S/C17H16FN5O2/c1-24-14-6-2-4-12(8-14)11-25-17-20-10-15(18)16(22-17)23-21-9-13-5-3-7-19-13/h2-4,6-10H,5,11H2,1H3,(H,20,22,23)/b21-9+. The monoisotopic (exact) mass is 341 g/mol. The average molecular weight is 341 g/mol. The number of aliphatic imine (C=N–C) groups is 1. The third kappa shape index (κ3) is 4.60. The molecule has 1 aliphatic rings. The highest BCUT2D eigenvalue weighted by Crippen LogP contribution is 2.16. The van der Waals surface area contributed by atoms with E-state index in [9.17, 15) is 4.39 Å². The highest BCUT2D eigenvalue weighted by molar-refractivity contribution is 6.31. The molecule has 0 unspecified atom stereocenters. The van der Waals surface area contributed by atoms with Crippen molar-refractivity contribution in [3.63, 3.8) is 0 Å². The minimum atomic E-state index is -0.627. The summed E-state index contributed by atoms with van der Waals surface area (Å²) < 4.78 is 24.4. The Balaban J connectivity index is 1.62. The first-order valence-corrected chi connectivity index (χ1v) is 7.53. The number of hydrogen-bond donors (Lipinski definition) is 1. The summed E-state index contributed by atoms with van der Waals surface area (Å²) in [6, 6.07) is 7.45. The van der Waals surface area contributed by atoms with Crippen LogP contribution in [0.5, 0.6) is 11.8 Å². The highest BCUT2D eigenvalue weighted by atomic mass is 19.1. The van der Waals surface area contributed by atoms with E-state index in [2.05, 4.69) is 25.5 Å². The lowest BCUT2D eigenvalue weighted by Gasteiger charge is -2.07. The second-order valence-electron chi connectivity index (χ2n) is 5.07. The minimum Gasteiger partial charge on any atom is -0.497 e. The zero-order chi connectivity index (χ0) is 17.5. The van der Waals surface area contributed by atoms with E-state index in [-0.39, 0.29) is 18.4 Å². The van der Waals surface area contributed by atoms with Crippen molar-refractivity contribution in [2.75, 3.05) is 12.5 Å². The second kappa shape index (κ2) is 8.00. The Kier molecular flexibility index (Phi) is 5.30. The minimum absolute atomic E-state index is 0.0433. The quantitative estimate of drug-likeness (QED) is 0.618. The van der Waals surface area contributed by atoms with Crippen molar-refractivity contribution in [1.82, 2.24) is 9.97 Å². The number of benzene rings is 1. The number of methoxy groups -OCH3 is 1. The van der Waals surface area contributed by atoms with Crippen LogP contribution in [0.15, 0.2) is 52.8 Å². The largest absolute Gasteiger partial charge is 0.497 e. The van der Waals surface area contributed by atoms with Gasteiger partial charge in [-0.25, -0.2) is 9.37 Å². The van der Waals surface area contributed by atoms with Crippen LogP contribution in [0.2, 0.25) is 0 Å². The molecule has 0 radical (unpaired) electrons. The zero-order valence-corrected chi connectivity index (χ0v) is 13.5. The summed E-state index contributed by atoms with van der Waals surface area (Å²) >= 11 is 0. The van der Waals surface area contributed by atoms with E-state index in [1.165, 1.54) is 6.21 Å². The number of hydrogen-bond acceptors (Lipinski definition) is 7. The number of anilines is 1. The van der Waals surface area contributed by atoms with Gasteiger partial charge in [-0.05, 0) is 17.7 Å². The number of hydrazone groups is 1. The summed E-state index contributed by atoms with van der Waals surface area (Å²) in [7, 11) is 1.59. The molecule has 8 heteroatoms. The van der Waals surface area contributed by atoms with Gasteiger partial charge in [-0.15, -0.1) is 0 Å². The van der Waals surface area contributed by atoms with Crippen LogP contribution in [0.1, 0.15) is 12.0 Å². The Hall–Kier alpha value is -3.29. The van der Waals surface area contributed by atoms with E-state index < -0.39 is 5.82 Å². The van der Waals surface area contributed by atoms with E-state index in [1.807, 2.05) is 30.3 Å². The van der Waals surface area contributed by atoms with Crippen LogP contribution in [0.25, 0.3) is 0 Å². The van der Waals surface area contributed by atoms with Gasteiger partial charge in [0, 0.05) is 12.6 Å². The molecule has 1 N–H and O–H groups in total. The summed E-state index contributed by atoms with van der Waals surface area (Å²) in [6.07, 6.45) is 6.83. The molecule has 0 saturated heterocycles. The molecule has 25 heavy (non-hydrogen) atoms. The van der Waals surface area contributed by atoms with Crippen molar-refractivity contribution < 1.29 is 13.9 Å². The molecule has 0 fully saturated rings. The van der Waals surface area contributed by atoms with Gasteiger partial charge in [0.05, 0.1) is 25.2 Å². The van der Waals surface area contributed by atoms with Gasteiger partial charge in [0.2, 0.25) is 0 Å². The van der Waals surface area contributed by atoms with Gasteiger partial charge in [-0.2, -0.15) is 10.1 Å². The van der Waals surface area contributed by atoms with Crippen LogP contribution in [-0.4, -0.2) is 29.0 Å². The van der Waals surface area contributed by atoms with Crippen LogP contribution < -0.4 is 14.9 Å². The Bertz CT molecular complexity index is 836. The molecule has 1 aromatic carbocycles. The number of rotatable bonds is 7. The SMILES string of the molecule is COc1cccc(COc2ncc(F)c(N/N=C/C3=NC=CC3)n2)c1. The van der Waals surface area contributed by atoms with Crippen LogP contribution in [0, 0.1) is 5.82 Å². The van der Waals surface area contributed by atoms with Gasteiger partial charge < -0.3 is 9.47 Å². The normalized spacial score (nSPS) is 13.1. The van der Waals surface area contributed by atoms with Gasteiger partial charge in [0.25, 0.3) is 0 Å². The zero-order valence-electron chi connectivity index (χ0n) is 13.5. The molecular weight excluding hydrogens is 325 g/mol. The van der Waals surface area contributed by atoms with E-state index in [0.29, 0.717) is 6.42 Å². The topological polar surface area (TPSA) is 81.0 Å². The summed E-state index contributed by atoms with van der Waals surface area (Å²) in [5.74, 6) is 0.0259. The maximum atomic E-state index is 13.8. The molecule has 0 aliphatic carbocycles. The van der Waals surface area contributed by atoms with Crippen LogP contribution in [0.4, 0.5) is 10.2 Å². The fourth-order valence-corrected chi connectivity index (χ4v) is 2.04. The fourth-order valence-electron chi connectivity index (χ4n) is 2.04. The Morgan fingerprint density at radius 1 is 1.40 bits per heavy atom. The van der Waals surface area contributed by atoms with Crippen molar-refractivity contribution in [2.24, 2.45) is 10.1 Å². The predicted molar refractivity (Wildman–Crippen MR) is 92.6 cm³/mol. The third-order valence-electron chi connectivity index (χ3n) is 3.28. The van der Waals surface area contributed by atoms with Crippen LogP contribution in [-0.2, 0) is 6.61 Å². The molecule has 0 saturated carbocycles. The first-order chi connectivity index (χ1) is 12.2. The molecule has 0 amide bonds. The highest BCUT2D eigenvalue weighted by Gasteiger charge is 2.08. The van der Waals surface area contributed by atoms with Crippen molar-refractivity contribution in [3.8, 4) is 11.8 Å². The molecule has 7 nitrogen and oxygen atoms in total. The number of halogens is 1. The molecule has 2 heterocycles. The summed E-state index contributed by atoms with van der Waals surface area (Å²) in [5, 5.41) is 3.92. The van der Waals surface area contributed by atoms with E-state index in [0.717, 1.165) is 23.2 Å². The Morgan fingerprint density at radius 2 is 2.32 bits per heavy atom. The average Bonchev–Trinajstić information content (AvgIpc) is 3.16. The van der Waals surface area contributed by atoms with Gasteiger partial charge in [0.15, 0.2) is 11.6 Å². The third-order valence-corrected chi connectivity index (χ3v) is 3.28.